The van der Waals surface area contributed by atoms with Crippen molar-refractivity contribution in [3.05, 3.63) is 118 Å². The molecule has 0 aliphatic carbocycles. The maximum atomic E-state index is 12.8. The van der Waals surface area contributed by atoms with Gasteiger partial charge in [0.1, 0.15) is 6.61 Å². The van der Waals surface area contributed by atoms with E-state index in [1.807, 2.05) is 66.7 Å². The Morgan fingerprint density at radius 1 is 0.912 bits per heavy atom. The molecule has 7 heteroatoms. The van der Waals surface area contributed by atoms with E-state index < -0.39 is 11.3 Å². The zero-order valence-electron chi connectivity index (χ0n) is 19.0. The number of amides is 1. The molecule has 4 rings (SSSR count). The molecule has 172 valence electrons. The fraction of sp³-hybridized carbons (Fsp3) is 0.148. The summed E-state index contributed by atoms with van der Waals surface area (Å²) in [6.07, 6.45) is 0. The molecular weight excluding hydrogens is 430 g/mol. The van der Waals surface area contributed by atoms with Gasteiger partial charge >= 0.3 is 0 Å². The Morgan fingerprint density at radius 2 is 1.62 bits per heavy atom. The van der Waals surface area contributed by atoms with Gasteiger partial charge < -0.3 is 14.8 Å². The summed E-state index contributed by atoms with van der Waals surface area (Å²) in [5.41, 5.74) is 2.67. The number of ether oxygens (including phenoxy) is 2. The summed E-state index contributed by atoms with van der Waals surface area (Å²) in [6, 6.07) is 26.0. The van der Waals surface area contributed by atoms with Crippen molar-refractivity contribution in [2.75, 3.05) is 7.11 Å². The Morgan fingerprint density at radius 3 is 2.32 bits per heavy atom. The van der Waals surface area contributed by atoms with Crippen LogP contribution in [0.5, 0.6) is 11.5 Å². The highest BCUT2D eigenvalue weighted by molar-refractivity contribution is 5.92. The van der Waals surface area contributed by atoms with Crippen molar-refractivity contribution in [3.8, 4) is 17.2 Å². The summed E-state index contributed by atoms with van der Waals surface area (Å²) >= 11 is 0. The first-order valence-electron chi connectivity index (χ1n) is 10.8. The second-order valence-electron chi connectivity index (χ2n) is 7.69. The average molecular weight is 456 g/mol. The van der Waals surface area contributed by atoms with E-state index in [1.165, 1.54) is 6.07 Å². The zero-order valence-corrected chi connectivity index (χ0v) is 19.0. The Balaban J connectivity index is 1.46. The second kappa shape index (κ2) is 10.5. The molecule has 0 saturated carbocycles. The van der Waals surface area contributed by atoms with Crippen molar-refractivity contribution in [1.29, 1.82) is 0 Å². The molecule has 1 N–H and O–H groups in total. The summed E-state index contributed by atoms with van der Waals surface area (Å²) in [6.45, 7) is 2.39. The van der Waals surface area contributed by atoms with Crippen LogP contribution in [0.3, 0.4) is 0 Å². The molecule has 0 fully saturated rings. The third-order valence-corrected chi connectivity index (χ3v) is 5.24. The molecule has 0 spiro atoms. The van der Waals surface area contributed by atoms with E-state index in [0.717, 1.165) is 16.8 Å². The van der Waals surface area contributed by atoms with Gasteiger partial charge in [-0.15, -0.1) is 0 Å². The average Bonchev–Trinajstić information content (AvgIpc) is 2.87. The van der Waals surface area contributed by atoms with Crippen LogP contribution in [0.4, 0.5) is 0 Å². The molecule has 1 amide bonds. The van der Waals surface area contributed by atoms with Crippen LogP contribution in [0.1, 0.15) is 27.3 Å². The van der Waals surface area contributed by atoms with Gasteiger partial charge in [-0.1, -0.05) is 54.6 Å². The highest BCUT2D eigenvalue weighted by Crippen LogP contribution is 2.28. The first-order valence-corrected chi connectivity index (χ1v) is 10.8. The number of para-hydroxylation sites is 1. The molecule has 0 bridgehead atoms. The van der Waals surface area contributed by atoms with Crippen LogP contribution in [0.2, 0.25) is 0 Å². The molecular formula is C27H25N3O4. The lowest BCUT2D eigenvalue weighted by molar-refractivity contribution is 0.0943. The Kier molecular flexibility index (Phi) is 7.03. The van der Waals surface area contributed by atoms with Crippen LogP contribution >= 0.6 is 0 Å². The van der Waals surface area contributed by atoms with Gasteiger partial charge in [0.2, 0.25) is 5.43 Å². The van der Waals surface area contributed by atoms with Crippen LogP contribution in [0, 0.1) is 6.92 Å². The predicted octanol–water partition coefficient (Wildman–Crippen LogP) is 4.06. The number of hydrogen-bond acceptors (Lipinski definition) is 5. The van der Waals surface area contributed by atoms with E-state index in [2.05, 4.69) is 10.4 Å². The highest BCUT2D eigenvalue weighted by Gasteiger charge is 2.16. The lowest BCUT2D eigenvalue weighted by Crippen LogP contribution is -2.31. The largest absolute Gasteiger partial charge is 0.493 e. The minimum Gasteiger partial charge on any atom is -0.493 e. The molecule has 34 heavy (non-hydrogen) atoms. The summed E-state index contributed by atoms with van der Waals surface area (Å²) in [4.78, 5) is 25.2. The van der Waals surface area contributed by atoms with Crippen LogP contribution in [0.25, 0.3) is 5.69 Å². The fourth-order valence-corrected chi connectivity index (χ4v) is 3.48. The number of benzene rings is 3. The maximum absolute atomic E-state index is 12.8. The highest BCUT2D eigenvalue weighted by atomic mass is 16.5. The minimum atomic E-state index is -0.543. The first kappa shape index (κ1) is 22.8. The lowest BCUT2D eigenvalue weighted by atomic mass is 10.2. The standard InChI is InChI=1S/C27H25N3O4/c1-19-15-23(31)26(29-30(19)22-11-7-4-8-12-22)27(32)28-17-21-13-14-24(25(16-21)33-2)34-18-20-9-5-3-6-10-20/h3-16H,17-18H2,1-2H3,(H,28,32). The van der Waals surface area contributed by atoms with Gasteiger partial charge in [0.05, 0.1) is 12.8 Å². The number of methoxy groups -OCH3 is 1. The third kappa shape index (κ3) is 5.32. The molecule has 1 heterocycles. The zero-order chi connectivity index (χ0) is 23.9. The minimum absolute atomic E-state index is 0.163. The lowest BCUT2D eigenvalue weighted by Gasteiger charge is -2.13. The number of hydrogen-bond donors (Lipinski definition) is 1. The molecule has 0 unspecified atom stereocenters. The number of carbonyl (C=O) groups excluding carboxylic acids is 1. The Labute approximate surface area is 197 Å². The quantitative estimate of drug-likeness (QED) is 0.433. The summed E-state index contributed by atoms with van der Waals surface area (Å²) in [5.74, 6) is 0.619. The van der Waals surface area contributed by atoms with Crippen molar-refractivity contribution >= 4 is 5.91 Å². The SMILES string of the molecule is COc1cc(CNC(=O)c2nn(-c3ccccc3)c(C)cc2=O)ccc1OCc1ccccc1. The summed E-state index contributed by atoms with van der Waals surface area (Å²) in [5, 5.41) is 7.07. The van der Waals surface area contributed by atoms with Crippen molar-refractivity contribution in [1.82, 2.24) is 15.1 Å². The predicted molar refractivity (Wildman–Crippen MR) is 130 cm³/mol. The number of rotatable bonds is 8. The third-order valence-electron chi connectivity index (χ3n) is 5.24. The van der Waals surface area contributed by atoms with Crippen molar-refractivity contribution in [3.63, 3.8) is 0 Å². The molecule has 0 saturated heterocycles. The van der Waals surface area contributed by atoms with Gasteiger partial charge in [-0.2, -0.15) is 5.10 Å². The fourth-order valence-electron chi connectivity index (χ4n) is 3.48. The van der Waals surface area contributed by atoms with Crippen LogP contribution < -0.4 is 20.2 Å². The van der Waals surface area contributed by atoms with E-state index in [-0.39, 0.29) is 12.2 Å². The molecule has 0 aliphatic rings. The number of aromatic nitrogens is 2. The van der Waals surface area contributed by atoms with Gasteiger partial charge in [0, 0.05) is 18.3 Å². The molecule has 4 aromatic rings. The van der Waals surface area contributed by atoms with Gasteiger partial charge in [0.15, 0.2) is 17.2 Å². The van der Waals surface area contributed by atoms with Crippen LogP contribution in [0.15, 0.2) is 89.7 Å². The molecule has 0 atom stereocenters. The Bertz CT molecular complexity index is 1340. The van der Waals surface area contributed by atoms with Gasteiger partial charge in [-0.05, 0) is 42.3 Å². The van der Waals surface area contributed by atoms with E-state index in [4.69, 9.17) is 9.47 Å². The molecule has 0 aliphatic heterocycles. The van der Waals surface area contributed by atoms with Gasteiger partial charge in [-0.3, -0.25) is 9.59 Å². The number of aryl methyl sites for hydroxylation is 1. The molecule has 0 radical (unpaired) electrons. The van der Waals surface area contributed by atoms with Gasteiger partial charge in [-0.25, -0.2) is 4.68 Å². The van der Waals surface area contributed by atoms with Crippen molar-refractivity contribution < 1.29 is 14.3 Å². The second-order valence-corrected chi connectivity index (χ2v) is 7.69. The topological polar surface area (TPSA) is 82.5 Å². The van der Waals surface area contributed by atoms with E-state index in [0.29, 0.717) is 23.8 Å². The smallest absolute Gasteiger partial charge is 0.276 e. The Hall–Kier alpha value is -4.39. The van der Waals surface area contributed by atoms with E-state index in [1.54, 1.807) is 30.8 Å². The molecule has 7 nitrogen and oxygen atoms in total. The van der Waals surface area contributed by atoms with Gasteiger partial charge in [0.25, 0.3) is 5.91 Å². The summed E-state index contributed by atoms with van der Waals surface area (Å²) < 4.78 is 12.9. The molecule has 1 aromatic heterocycles. The first-order chi connectivity index (χ1) is 16.5. The monoisotopic (exact) mass is 455 g/mol. The number of nitrogens with zero attached hydrogens (tertiary/aromatic N) is 2. The number of carbonyl (C=O) groups is 1. The maximum Gasteiger partial charge on any atom is 0.276 e. The van der Waals surface area contributed by atoms with Crippen molar-refractivity contribution in [2.45, 2.75) is 20.1 Å². The van der Waals surface area contributed by atoms with E-state index in [9.17, 15) is 9.59 Å². The molecule has 3 aromatic carbocycles. The summed E-state index contributed by atoms with van der Waals surface area (Å²) in [7, 11) is 1.56. The normalized spacial score (nSPS) is 10.5. The number of nitrogens with one attached hydrogen (secondary N) is 1. The van der Waals surface area contributed by atoms with Crippen LogP contribution in [-0.4, -0.2) is 22.8 Å². The van der Waals surface area contributed by atoms with Crippen LogP contribution in [-0.2, 0) is 13.2 Å². The van der Waals surface area contributed by atoms with Crippen molar-refractivity contribution in [2.24, 2.45) is 0 Å². The van der Waals surface area contributed by atoms with E-state index >= 15 is 0 Å².